The number of nitrogens with one attached hydrogen (secondary N) is 2. The van der Waals surface area contributed by atoms with E-state index in [1.165, 1.54) is 19.3 Å². The van der Waals surface area contributed by atoms with Crippen molar-refractivity contribution < 1.29 is 17.9 Å². The Labute approximate surface area is 130 Å². The van der Waals surface area contributed by atoms with Crippen molar-refractivity contribution in [2.75, 3.05) is 12.5 Å². The molecule has 0 radical (unpaired) electrons. The minimum Gasteiger partial charge on any atom is -0.448 e. The second-order valence-corrected chi connectivity index (χ2v) is 8.52. The van der Waals surface area contributed by atoms with E-state index in [9.17, 15) is 13.2 Å². The average Bonchev–Trinajstić information content (AvgIpc) is 2.32. The fourth-order valence-corrected chi connectivity index (χ4v) is 6.04. The molecular formula is C13H21ClN2O4S. The molecular weight excluding hydrogens is 316 g/mol. The van der Waals surface area contributed by atoms with Gasteiger partial charge in [-0.05, 0) is 56.3 Å². The summed E-state index contributed by atoms with van der Waals surface area (Å²) in [6, 6.07) is 0. The van der Waals surface area contributed by atoms with Crippen LogP contribution in [0.15, 0.2) is 0 Å². The average molecular weight is 337 g/mol. The van der Waals surface area contributed by atoms with Crippen LogP contribution in [0.4, 0.5) is 4.79 Å². The number of hydrogen-bond acceptors (Lipinski definition) is 4. The predicted octanol–water partition coefficient (Wildman–Crippen LogP) is 1.75. The number of carbonyl (C=O) groups is 1. The maximum absolute atomic E-state index is 12.1. The predicted molar refractivity (Wildman–Crippen MR) is 78.2 cm³/mol. The van der Waals surface area contributed by atoms with Gasteiger partial charge in [0.1, 0.15) is 6.61 Å². The van der Waals surface area contributed by atoms with E-state index >= 15 is 0 Å². The highest BCUT2D eigenvalue weighted by atomic mass is 35.5. The molecule has 0 heterocycles. The summed E-state index contributed by atoms with van der Waals surface area (Å²) in [7, 11) is -3.89. The number of carbonyl (C=O) groups excluding carboxylic acids is 1. The normalized spacial score (nSPS) is 37.5. The fraction of sp³-hybridized carbons (Fsp3) is 0.923. The minimum absolute atomic E-state index is 0.0136. The largest absolute Gasteiger partial charge is 0.448 e. The van der Waals surface area contributed by atoms with Crippen LogP contribution in [0.2, 0.25) is 0 Å². The van der Waals surface area contributed by atoms with Crippen molar-refractivity contribution in [2.45, 2.75) is 44.1 Å². The van der Waals surface area contributed by atoms with E-state index in [-0.39, 0.29) is 18.0 Å². The van der Waals surface area contributed by atoms with Gasteiger partial charge in [0.25, 0.3) is 0 Å². The molecule has 0 aromatic heterocycles. The van der Waals surface area contributed by atoms with Gasteiger partial charge in [0.05, 0.1) is 5.88 Å². The molecule has 4 rings (SSSR count). The Hall–Kier alpha value is -0.530. The second-order valence-electron chi connectivity index (χ2n) is 6.73. The summed E-state index contributed by atoms with van der Waals surface area (Å²) in [5.41, 5.74) is -0.368. The van der Waals surface area contributed by atoms with Crippen LogP contribution in [-0.2, 0) is 14.9 Å². The van der Waals surface area contributed by atoms with Crippen molar-refractivity contribution in [1.82, 2.24) is 9.44 Å². The van der Waals surface area contributed by atoms with E-state index in [4.69, 9.17) is 11.6 Å². The molecule has 0 aromatic carbocycles. The zero-order valence-electron chi connectivity index (χ0n) is 11.8. The number of halogens is 1. The molecule has 4 bridgehead atoms. The standard InChI is InChI=1S/C13H21ClN2O4S/c14-1-2-20-12(17)15-21(18,19)16-13-6-9-3-10(7-13)5-11(4-9)8-13/h9-11,16H,1-8H2,(H,15,17). The van der Waals surface area contributed by atoms with Crippen molar-refractivity contribution in [1.29, 1.82) is 0 Å². The second kappa shape index (κ2) is 5.59. The van der Waals surface area contributed by atoms with E-state index in [0.717, 1.165) is 19.3 Å². The summed E-state index contributed by atoms with van der Waals surface area (Å²) in [5.74, 6) is 2.02. The Kier molecular flexibility index (Phi) is 4.09. The number of hydrogen-bond donors (Lipinski definition) is 2. The third-order valence-electron chi connectivity index (χ3n) is 4.92. The van der Waals surface area contributed by atoms with Gasteiger partial charge in [-0.15, -0.1) is 11.6 Å². The zero-order chi connectivity index (χ0) is 15.1. The molecule has 4 aliphatic rings. The van der Waals surface area contributed by atoms with Gasteiger partial charge in [0.2, 0.25) is 0 Å². The highest BCUT2D eigenvalue weighted by molar-refractivity contribution is 7.88. The third kappa shape index (κ3) is 3.46. The number of ether oxygens (including phenoxy) is 1. The van der Waals surface area contributed by atoms with E-state index in [1.54, 1.807) is 0 Å². The molecule has 6 nitrogen and oxygen atoms in total. The quantitative estimate of drug-likeness (QED) is 0.749. The molecule has 8 heteroatoms. The Morgan fingerprint density at radius 2 is 1.67 bits per heavy atom. The molecule has 4 saturated carbocycles. The summed E-state index contributed by atoms with van der Waals surface area (Å²) in [4.78, 5) is 11.4. The third-order valence-corrected chi connectivity index (χ3v) is 6.21. The molecule has 2 N–H and O–H groups in total. The van der Waals surface area contributed by atoms with Crippen LogP contribution in [0.1, 0.15) is 38.5 Å². The van der Waals surface area contributed by atoms with Crippen molar-refractivity contribution in [3.8, 4) is 0 Å². The lowest BCUT2D eigenvalue weighted by molar-refractivity contribution is -0.00823. The van der Waals surface area contributed by atoms with Crippen molar-refractivity contribution in [3.63, 3.8) is 0 Å². The SMILES string of the molecule is O=C(NS(=O)(=O)NC12CC3CC(CC(C3)C1)C2)OCCCl. The summed E-state index contributed by atoms with van der Waals surface area (Å²) in [6.07, 6.45) is 5.36. The van der Waals surface area contributed by atoms with Crippen LogP contribution in [0.5, 0.6) is 0 Å². The highest BCUT2D eigenvalue weighted by Gasteiger charge is 2.52. The first kappa shape index (κ1) is 15.4. The maximum atomic E-state index is 12.1. The van der Waals surface area contributed by atoms with E-state index in [0.29, 0.717) is 17.8 Å². The number of alkyl halides is 1. The minimum atomic E-state index is -3.89. The van der Waals surface area contributed by atoms with Crippen LogP contribution < -0.4 is 9.44 Å². The Morgan fingerprint density at radius 3 is 2.14 bits per heavy atom. The molecule has 4 aliphatic carbocycles. The zero-order valence-corrected chi connectivity index (χ0v) is 13.4. The van der Waals surface area contributed by atoms with E-state index < -0.39 is 16.3 Å². The summed E-state index contributed by atoms with van der Waals surface area (Å²) in [5, 5.41) is 0. The molecule has 4 fully saturated rings. The summed E-state index contributed by atoms with van der Waals surface area (Å²) >= 11 is 5.39. The summed E-state index contributed by atoms with van der Waals surface area (Å²) < 4.78 is 33.6. The van der Waals surface area contributed by atoms with E-state index in [2.05, 4.69) is 9.46 Å². The Morgan fingerprint density at radius 1 is 1.14 bits per heavy atom. The molecule has 1 amide bonds. The lowest BCUT2D eigenvalue weighted by atomic mass is 9.53. The first-order valence-corrected chi connectivity index (χ1v) is 9.46. The molecule has 120 valence electrons. The molecule has 0 saturated heterocycles. The van der Waals surface area contributed by atoms with Gasteiger partial charge in [-0.25, -0.2) is 9.52 Å². The number of rotatable bonds is 5. The van der Waals surface area contributed by atoms with E-state index in [1.807, 2.05) is 4.72 Å². The Balaban J connectivity index is 1.64. The lowest BCUT2D eigenvalue weighted by Gasteiger charge is -2.56. The van der Waals surface area contributed by atoms with Gasteiger partial charge in [-0.3, -0.25) is 0 Å². The van der Waals surface area contributed by atoms with Crippen molar-refractivity contribution in [2.24, 2.45) is 17.8 Å². The molecule has 0 unspecified atom stereocenters. The maximum Gasteiger partial charge on any atom is 0.421 e. The van der Waals surface area contributed by atoms with Gasteiger partial charge in [-0.1, -0.05) is 0 Å². The van der Waals surface area contributed by atoms with Gasteiger partial charge >= 0.3 is 16.3 Å². The monoisotopic (exact) mass is 336 g/mol. The smallest absolute Gasteiger partial charge is 0.421 e. The highest BCUT2D eigenvalue weighted by Crippen LogP contribution is 2.55. The van der Waals surface area contributed by atoms with Gasteiger partial charge in [0.15, 0.2) is 0 Å². The molecule has 0 spiro atoms. The van der Waals surface area contributed by atoms with Gasteiger partial charge < -0.3 is 4.74 Å². The fourth-order valence-electron chi connectivity index (χ4n) is 4.82. The summed E-state index contributed by atoms with van der Waals surface area (Å²) in [6.45, 7) is -0.0136. The molecule has 0 aliphatic heterocycles. The first-order chi connectivity index (χ1) is 9.90. The topological polar surface area (TPSA) is 84.5 Å². The van der Waals surface area contributed by atoms with Crippen LogP contribution in [0.3, 0.4) is 0 Å². The van der Waals surface area contributed by atoms with Gasteiger partial charge in [-0.2, -0.15) is 13.1 Å². The molecule has 0 aromatic rings. The Bertz CT molecular complexity index is 487. The van der Waals surface area contributed by atoms with Crippen molar-refractivity contribution in [3.05, 3.63) is 0 Å². The number of amides is 1. The first-order valence-electron chi connectivity index (χ1n) is 7.44. The van der Waals surface area contributed by atoms with Gasteiger partial charge in [0, 0.05) is 5.54 Å². The molecule has 21 heavy (non-hydrogen) atoms. The van der Waals surface area contributed by atoms with Crippen LogP contribution in [0.25, 0.3) is 0 Å². The van der Waals surface area contributed by atoms with Crippen molar-refractivity contribution >= 4 is 27.9 Å². The van der Waals surface area contributed by atoms with Crippen LogP contribution >= 0.6 is 11.6 Å². The molecule has 0 atom stereocenters. The van der Waals surface area contributed by atoms with Crippen LogP contribution in [0, 0.1) is 17.8 Å². The lowest BCUT2D eigenvalue weighted by Crippen LogP contribution is -2.61. The van der Waals surface area contributed by atoms with Crippen LogP contribution in [-0.4, -0.2) is 32.5 Å².